The van der Waals surface area contributed by atoms with Gasteiger partial charge in [-0.1, -0.05) is 30.3 Å². The van der Waals surface area contributed by atoms with E-state index in [-0.39, 0.29) is 5.91 Å². The fraction of sp³-hybridized carbons (Fsp3) is 0.0870. The zero-order valence-corrected chi connectivity index (χ0v) is 15.1. The van der Waals surface area contributed by atoms with E-state index in [9.17, 15) is 4.79 Å². The Morgan fingerprint density at radius 1 is 0.964 bits per heavy atom. The van der Waals surface area contributed by atoms with E-state index in [0.717, 1.165) is 46.3 Å². The van der Waals surface area contributed by atoms with Crippen LogP contribution >= 0.6 is 0 Å². The first-order valence-corrected chi connectivity index (χ1v) is 9.26. The Balaban J connectivity index is 1.43. The minimum atomic E-state index is -0.0658. The molecule has 0 unspecified atom stereocenters. The van der Waals surface area contributed by atoms with Crippen molar-refractivity contribution in [2.45, 2.75) is 12.8 Å². The molecule has 0 radical (unpaired) electrons. The summed E-state index contributed by atoms with van der Waals surface area (Å²) in [6.07, 6.45) is 7.34. The quantitative estimate of drug-likeness (QED) is 0.531. The van der Waals surface area contributed by atoms with Crippen LogP contribution in [0.3, 0.4) is 0 Å². The topological polar surface area (TPSA) is 70.7 Å². The molecule has 4 aromatic rings. The summed E-state index contributed by atoms with van der Waals surface area (Å²) in [5.74, 6) is -0.0658. The summed E-state index contributed by atoms with van der Waals surface area (Å²) in [5.41, 5.74) is 6.74. The smallest absolute Gasteiger partial charge is 0.256 e. The largest absolute Gasteiger partial charge is 0.321 e. The third kappa shape index (κ3) is 2.97. The number of hydrogen-bond donors (Lipinski definition) is 2. The van der Waals surface area contributed by atoms with E-state index in [2.05, 4.69) is 26.6 Å². The van der Waals surface area contributed by atoms with Crippen LogP contribution in [0.2, 0.25) is 0 Å². The molecule has 0 atom stereocenters. The molecule has 2 N–H and O–H groups in total. The van der Waals surface area contributed by atoms with E-state index in [0.29, 0.717) is 5.57 Å². The normalized spacial score (nSPS) is 14.4. The number of aryl methyl sites for hydroxylation is 2. The number of rotatable bonds is 4. The highest BCUT2D eigenvalue weighted by Crippen LogP contribution is 2.33. The Hall–Kier alpha value is -3.73. The van der Waals surface area contributed by atoms with Crippen LogP contribution in [0.25, 0.3) is 22.6 Å². The summed E-state index contributed by atoms with van der Waals surface area (Å²) in [5, 5.41) is 11.6. The van der Waals surface area contributed by atoms with Crippen LogP contribution in [0.15, 0.2) is 67.0 Å². The number of aromatic amines is 1. The molecule has 0 saturated carbocycles. The number of pyridine rings is 1. The number of amides is 1. The van der Waals surface area contributed by atoms with Gasteiger partial charge in [-0.25, -0.2) is 0 Å². The first-order chi connectivity index (χ1) is 13.8. The molecule has 1 aliphatic heterocycles. The lowest BCUT2D eigenvalue weighted by molar-refractivity contribution is -0.110. The van der Waals surface area contributed by atoms with Gasteiger partial charge in [-0.05, 0) is 54.3 Å². The fourth-order valence-corrected chi connectivity index (χ4v) is 3.64. The molecule has 2 aromatic heterocycles. The van der Waals surface area contributed by atoms with Crippen LogP contribution in [-0.4, -0.2) is 21.1 Å². The number of fused-ring (bicyclic) bond motifs is 2. The molecule has 0 saturated heterocycles. The molecular formula is C23H18N4O. The van der Waals surface area contributed by atoms with Gasteiger partial charge in [0.15, 0.2) is 0 Å². The highest BCUT2D eigenvalue weighted by atomic mass is 16.2. The lowest BCUT2D eigenvalue weighted by atomic mass is 10.0. The summed E-state index contributed by atoms with van der Waals surface area (Å²) in [7, 11) is 0. The van der Waals surface area contributed by atoms with Crippen LogP contribution in [0.4, 0.5) is 5.69 Å². The van der Waals surface area contributed by atoms with Gasteiger partial charge in [-0.3, -0.25) is 14.9 Å². The molecule has 0 fully saturated rings. The Kier molecular flexibility index (Phi) is 3.98. The van der Waals surface area contributed by atoms with E-state index in [1.54, 1.807) is 0 Å². The lowest BCUT2D eigenvalue weighted by Gasteiger charge is -2.01. The van der Waals surface area contributed by atoms with Gasteiger partial charge in [0, 0.05) is 34.6 Å². The molecule has 3 heterocycles. The van der Waals surface area contributed by atoms with Gasteiger partial charge in [0.1, 0.15) is 0 Å². The molecule has 0 aliphatic carbocycles. The summed E-state index contributed by atoms with van der Waals surface area (Å²) < 4.78 is 0. The van der Waals surface area contributed by atoms with Crippen molar-refractivity contribution in [2.24, 2.45) is 0 Å². The number of nitrogens with zero attached hydrogens (tertiary/aromatic N) is 2. The van der Waals surface area contributed by atoms with Crippen molar-refractivity contribution in [3.63, 3.8) is 0 Å². The van der Waals surface area contributed by atoms with Gasteiger partial charge in [-0.15, -0.1) is 0 Å². The Morgan fingerprint density at radius 2 is 1.82 bits per heavy atom. The molecule has 0 bridgehead atoms. The SMILES string of the molecule is O=C1Nc2ccccc2C1=Cc1ccc2c(CCc3ccncc3)n[nH]c2c1. The van der Waals surface area contributed by atoms with Gasteiger partial charge in [-0.2, -0.15) is 5.10 Å². The van der Waals surface area contributed by atoms with Crippen molar-refractivity contribution in [3.05, 3.63) is 89.4 Å². The molecule has 0 spiro atoms. The van der Waals surface area contributed by atoms with Crippen molar-refractivity contribution >= 4 is 34.1 Å². The van der Waals surface area contributed by atoms with Crippen LogP contribution in [0.1, 0.15) is 22.4 Å². The maximum atomic E-state index is 12.3. The molecule has 136 valence electrons. The summed E-state index contributed by atoms with van der Waals surface area (Å²) in [6.45, 7) is 0. The van der Waals surface area contributed by atoms with Crippen molar-refractivity contribution in [1.82, 2.24) is 15.2 Å². The van der Waals surface area contributed by atoms with Crippen LogP contribution in [0.5, 0.6) is 0 Å². The second kappa shape index (κ2) is 6.78. The number of anilines is 1. The van der Waals surface area contributed by atoms with Gasteiger partial charge in [0.2, 0.25) is 0 Å². The van der Waals surface area contributed by atoms with Crippen LogP contribution < -0.4 is 5.32 Å². The van der Waals surface area contributed by atoms with E-state index in [1.807, 2.05) is 67.0 Å². The Bertz CT molecular complexity index is 1210. The van der Waals surface area contributed by atoms with E-state index < -0.39 is 0 Å². The number of para-hydroxylation sites is 1. The number of aromatic nitrogens is 3. The lowest BCUT2D eigenvalue weighted by Crippen LogP contribution is -2.03. The molecular weight excluding hydrogens is 348 g/mol. The second-order valence-corrected chi connectivity index (χ2v) is 6.89. The molecule has 2 aromatic carbocycles. The molecule has 1 amide bonds. The first kappa shape index (κ1) is 16.4. The predicted octanol–water partition coefficient (Wildman–Crippen LogP) is 4.24. The summed E-state index contributed by atoms with van der Waals surface area (Å²) in [6, 6.07) is 18.0. The molecule has 5 heteroatoms. The predicted molar refractivity (Wildman–Crippen MR) is 111 cm³/mol. The molecule has 28 heavy (non-hydrogen) atoms. The van der Waals surface area contributed by atoms with Gasteiger partial charge in [0.05, 0.1) is 11.2 Å². The van der Waals surface area contributed by atoms with Crippen molar-refractivity contribution in [2.75, 3.05) is 5.32 Å². The number of benzene rings is 2. The standard InChI is InChI=1S/C23H18N4O/c28-23-19(17-3-1-2-4-20(17)25-23)13-16-5-7-18-21(26-27-22(18)14-16)8-6-15-9-11-24-12-10-15/h1-5,7,9-14H,6,8H2,(H,25,28)(H,26,27). The van der Waals surface area contributed by atoms with Crippen molar-refractivity contribution in [1.29, 1.82) is 0 Å². The average Bonchev–Trinajstić information content (AvgIpc) is 3.28. The van der Waals surface area contributed by atoms with Gasteiger partial charge < -0.3 is 5.32 Å². The zero-order chi connectivity index (χ0) is 18.9. The van der Waals surface area contributed by atoms with Gasteiger partial charge in [0.25, 0.3) is 5.91 Å². The van der Waals surface area contributed by atoms with Crippen LogP contribution in [-0.2, 0) is 17.6 Å². The molecule has 5 nitrogen and oxygen atoms in total. The highest BCUT2D eigenvalue weighted by Gasteiger charge is 2.23. The summed E-state index contributed by atoms with van der Waals surface area (Å²) >= 11 is 0. The third-order valence-electron chi connectivity index (χ3n) is 5.09. The first-order valence-electron chi connectivity index (χ1n) is 9.26. The second-order valence-electron chi connectivity index (χ2n) is 6.89. The highest BCUT2D eigenvalue weighted by molar-refractivity contribution is 6.34. The number of carbonyl (C=O) groups excluding carboxylic acids is 1. The summed E-state index contributed by atoms with van der Waals surface area (Å²) in [4.78, 5) is 16.4. The number of hydrogen-bond acceptors (Lipinski definition) is 3. The molecule has 1 aliphatic rings. The molecule has 5 rings (SSSR count). The number of nitrogens with one attached hydrogen (secondary N) is 2. The Morgan fingerprint density at radius 3 is 2.71 bits per heavy atom. The third-order valence-corrected chi connectivity index (χ3v) is 5.09. The van der Waals surface area contributed by atoms with Crippen molar-refractivity contribution < 1.29 is 4.79 Å². The van der Waals surface area contributed by atoms with Crippen molar-refractivity contribution in [3.8, 4) is 0 Å². The zero-order valence-electron chi connectivity index (χ0n) is 15.1. The van der Waals surface area contributed by atoms with Crippen LogP contribution in [0, 0.1) is 0 Å². The number of H-pyrrole nitrogens is 1. The fourth-order valence-electron chi connectivity index (χ4n) is 3.64. The van der Waals surface area contributed by atoms with Gasteiger partial charge >= 0.3 is 0 Å². The van der Waals surface area contributed by atoms with E-state index in [1.165, 1.54) is 5.56 Å². The maximum absolute atomic E-state index is 12.3. The van der Waals surface area contributed by atoms with E-state index in [4.69, 9.17) is 0 Å². The monoisotopic (exact) mass is 366 g/mol. The average molecular weight is 366 g/mol. The number of carbonyl (C=O) groups is 1. The maximum Gasteiger partial charge on any atom is 0.256 e. The van der Waals surface area contributed by atoms with E-state index >= 15 is 0 Å². The Labute approximate surface area is 162 Å². The minimum Gasteiger partial charge on any atom is -0.321 e. The minimum absolute atomic E-state index is 0.0658.